The molecule has 2 heterocycles. The second-order valence-corrected chi connectivity index (χ2v) is 4.16. The second kappa shape index (κ2) is 3.07. The molecule has 2 atom stereocenters. The average molecular weight is 204 g/mol. The fourth-order valence-electron chi connectivity index (χ4n) is 2.02. The van der Waals surface area contributed by atoms with Crippen molar-refractivity contribution in [3.63, 3.8) is 0 Å². The van der Waals surface area contributed by atoms with Crippen LogP contribution in [0.5, 0.6) is 0 Å². The van der Waals surface area contributed by atoms with E-state index in [0.717, 1.165) is 18.6 Å². The van der Waals surface area contributed by atoms with Crippen LogP contribution in [0, 0.1) is 0 Å². The highest BCUT2D eigenvalue weighted by Crippen LogP contribution is 2.32. The van der Waals surface area contributed by atoms with Gasteiger partial charge in [-0.2, -0.15) is 0 Å². The van der Waals surface area contributed by atoms with Gasteiger partial charge in [-0.25, -0.2) is 4.79 Å². The third-order valence-electron chi connectivity index (χ3n) is 2.87. The fraction of sp³-hybridized carbons (Fsp3) is 0.417. The molecule has 78 valence electrons. The van der Waals surface area contributed by atoms with Gasteiger partial charge in [0.15, 0.2) is 0 Å². The van der Waals surface area contributed by atoms with Gasteiger partial charge in [0, 0.05) is 6.42 Å². The lowest BCUT2D eigenvalue weighted by atomic mass is 9.96. The van der Waals surface area contributed by atoms with Crippen LogP contribution in [0.4, 0.5) is 0 Å². The zero-order valence-electron chi connectivity index (χ0n) is 8.53. The molecule has 0 spiro atoms. The SMILES string of the molecule is CC1Cc2cc(C3CO3)ccc2C(=O)O1. The summed E-state index contributed by atoms with van der Waals surface area (Å²) in [6.07, 6.45) is 1.05. The summed E-state index contributed by atoms with van der Waals surface area (Å²) in [7, 11) is 0. The van der Waals surface area contributed by atoms with Gasteiger partial charge in [0.1, 0.15) is 12.2 Å². The monoisotopic (exact) mass is 204 g/mol. The number of esters is 1. The molecule has 1 fully saturated rings. The number of ether oxygens (including phenoxy) is 2. The highest BCUT2D eigenvalue weighted by atomic mass is 16.6. The molecule has 0 radical (unpaired) electrons. The van der Waals surface area contributed by atoms with Gasteiger partial charge in [-0.15, -0.1) is 0 Å². The van der Waals surface area contributed by atoms with Gasteiger partial charge in [0.2, 0.25) is 0 Å². The zero-order valence-corrected chi connectivity index (χ0v) is 8.53. The quantitative estimate of drug-likeness (QED) is 0.517. The number of epoxide rings is 1. The molecule has 2 aliphatic rings. The Morgan fingerprint density at radius 2 is 2.20 bits per heavy atom. The minimum atomic E-state index is -0.202. The highest BCUT2D eigenvalue weighted by molar-refractivity contribution is 5.92. The zero-order chi connectivity index (χ0) is 10.4. The Labute approximate surface area is 88.0 Å². The maximum atomic E-state index is 11.5. The summed E-state index contributed by atoms with van der Waals surface area (Å²) < 4.78 is 10.4. The lowest BCUT2D eigenvalue weighted by Gasteiger charge is -2.21. The van der Waals surface area contributed by atoms with Crippen molar-refractivity contribution in [3.8, 4) is 0 Å². The molecule has 0 amide bonds. The van der Waals surface area contributed by atoms with Gasteiger partial charge in [-0.05, 0) is 24.1 Å². The summed E-state index contributed by atoms with van der Waals surface area (Å²) >= 11 is 0. The third-order valence-corrected chi connectivity index (χ3v) is 2.87. The van der Waals surface area contributed by atoms with Crippen molar-refractivity contribution in [1.82, 2.24) is 0 Å². The van der Waals surface area contributed by atoms with Crippen LogP contribution in [-0.2, 0) is 15.9 Å². The number of hydrogen-bond donors (Lipinski definition) is 0. The molecule has 2 aliphatic heterocycles. The Balaban J connectivity index is 2.02. The molecule has 1 aromatic carbocycles. The van der Waals surface area contributed by atoms with Crippen LogP contribution in [0.1, 0.15) is 34.5 Å². The first-order chi connectivity index (χ1) is 7.24. The Bertz CT molecular complexity index is 421. The van der Waals surface area contributed by atoms with E-state index in [-0.39, 0.29) is 18.2 Å². The van der Waals surface area contributed by atoms with E-state index in [2.05, 4.69) is 6.07 Å². The standard InChI is InChI=1S/C12H12O3/c1-7-4-9-5-8(11-6-14-11)2-3-10(9)12(13)15-7/h2-3,5,7,11H,4,6H2,1H3. The van der Waals surface area contributed by atoms with E-state index in [9.17, 15) is 4.79 Å². The number of cyclic esters (lactones) is 1. The number of rotatable bonds is 1. The van der Waals surface area contributed by atoms with Crippen molar-refractivity contribution >= 4 is 5.97 Å². The van der Waals surface area contributed by atoms with Crippen LogP contribution in [0.2, 0.25) is 0 Å². The van der Waals surface area contributed by atoms with Crippen LogP contribution in [-0.4, -0.2) is 18.7 Å². The fourth-order valence-corrected chi connectivity index (χ4v) is 2.02. The molecule has 3 rings (SSSR count). The average Bonchev–Trinajstić information content (AvgIpc) is 2.99. The highest BCUT2D eigenvalue weighted by Gasteiger charge is 2.28. The van der Waals surface area contributed by atoms with Crippen molar-refractivity contribution in [2.45, 2.75) is 25.6 Å². The lowest BCUT2D eigenvalue weighted by Crippen LogP contribution is -2.25. The molecule has 3 heteroatoms. The van der Waals surface area contributed by atoms with Crippen molar-refractivity contribution in [3.05, 3.63) is 34.9 Å². The summed E-state index contributed by atoms with van der Waals surface area (Å²) in [5.41, 5.74) is 2.97. The van der Waals surface area contributed by atoms with E-state index in [1.54, 1.807) is 0 Å². The maximum absolute atomic E-state index is 11.5. The maximum Gasteiger partial charge on any atom is 0.338 e. The first kappa shape index (κ1) is 8.92. The molecule has 0 aromatic heterocycles. The predicted octanol–water partition coefficient (Wildman–Crippen LogP) is 1.86. The van der Waals surface area contributed by atoms with Gasteiger partial charge in [-0.3, -0.25) is 0 Å². The first-order valence-corrected chi connectivity index (χ1v) is 5.19. The second-order valence-electron chi connectivity index (χ2n) is 4.16. The molecule has 0 aliphatic carbocycles. The largest absolute Gasteiger partial charge is 0.459 e. The van der Waals surface area contributed by atoms with Crippen molar-refractivity contribution in [2.24, 2.45) is 0 Å². The van der Waals surface area contributed by atoms with Gasteiger partial charge in [-0.1, -0.05) is 12.1 Å². The van der Waals surface area contributed by atoms with E-state index in [1.807, 2.05) is 19.1 Å². The normalized spacial score (nSPS) is 28.2. The van der Waals surface area contributed by atoms with Crippen LogP contribution in [0.3, 0.4) is 0 Å². The summed E-state index contributed by atoms with van der Waals surface area (Å²) in [4.78, 5) is 11.5. The molecule has 0 bridgehead atoms. The molecule has 2 unspecified atom stereocenters. The Morgan fingerprint density at radius 1 is 1.40 bits per heavy atom. The van der Waals surface area contributed by atoms with Gasteiger partial charge in [0.05, 0.1) is 12.2 Å². The molecule has 0 saturated carbocycles. The first-order valence-electron chi connectivity index (χ1n) is 5.19. The minimum Gasteiger partial charge on any atom is -0.459 e. The number of carbonyl (C=O) groups excluding carboxylic acids is 1. The van der Waals surface area contributed by atoms with E-state index in [4.69, 9.17) is 9.47 Å². The number of carbonyl (C=O) groups is 1. The lowest BCUT2D eigenvalue weighted by molar-refractivity contribution is 0.0301. The Morgan fingerprint density at radius 3 is 2.93 bits per heavy atom. The molecule has 0 N–H and O–H groups in total. The minimum absolute atomic E-state index is 0.0135. The van der Waals surface area contributed by atoms with Crippen LogP contribution >= 0.6 is 0 Å². The van der Waals surface area contributed by atoms with Gasteiger partial charge >= 0.3 is 5.97 Å². The van der Waals surface area contributed by atoms with Crippen LogP contribution in [0.15, 0.2) is 18.2 Å². The Hall–Kier alpha value is -1.35. The van der Waals surface area contributed by atoms with Crippen molar-refractivity contribution < 1.29 is 14.3 Å². The molecule has 3 nitrogen and oxygen atoms in total. The summed E-state index contributed by atoms with van der Waals surface area (Å²) in [6, 6.07) is 5.87. The molecular formula is C12H12O3. The number of hydrogen-bond acceptors (Lipinski definition) is 3. The predicted molar refractivity (Wildman–Crippen MR) is 53.7 cm³/mol. The van der Waals surface area contributed by atoms with E-state index in [1.165, 1.54) is 5.56 Å². The van der Waals surface area contributed by atoms with Gasteiger partial charge in [0.25, 0.3) is 0 Å². The molecule has 1 aromatic rings. The van der Waals surface area contributed by atoms with Crippen molar-refractivity contribution in [1.29, 1.82) is 0 Å². The molecule has 1 saturated heterocycles. The van der Waals surface area contributed by atoms with Crippen LogP contribution < -0.4 is 0 Å². The molecular weight excluding hydrogens is 192 g/mol. The topological polar surface area (TPSA) is 38.8 Å². The van der Waals surface area contributed by atoms with E-state index >= 15 is 0 Å². The summed E-state index contributed by atoms with van der Waals surface area (Å²) in [6.45, 7) is 2.72. The number of benzene rings is 1. The van der Waals surface area contributed by atoms with Crippen molar-refractivity contribution in [2.75, 3.05) is 6.61 Å². The van der Waals surface area contributed by atoms with Gasteiger partial charge < -0.3 is 9.47 Å². The van der Waals surface area contributed by atoms with E-state index < -0.39 is 0 Å². The molecule has 15 heavy (non-hydrogen) atoms. The number of fused-ring (bicyclic) bond motifs is 1. The van der Waals surface area contributed by atoms with E-state index in [0.29, 0.717) is 5.56 Å². The van der Waals surface area contributed by atoms with Crippen LogP contribution in [0.25, 0.3) is 0 Å². The summed E-state index contributed by atoms with van der Waals surface area (Å²) in [5.74, 6) is -0.202. The Kier molecular flexibility index (Phi) is 1.83. The third kappa shape index (κ3) is 1.53. The smallest absolute Gasteiger partial charge is 0.338 e. The summed E-state index contributed by atoms with van der Waals surface area (Å²) in [5, 5.41) is 0.